The minimum absolute atomic E-state index is 1.01. The molecule has 0 unspecified atom stereocenters. The molecule has 0 aliphatic heterocycles. The van der Waals surface area contributed by atoms with Gasteiger partial charge in [0.05, 0.1) is 21.1 Å². The highest BCUT2D eigenvalue weighted by Crippen LogP contribution is 2.44. The van der Waals surface area contributed by atoms with Gasteiger partial charge in [-0.15, -0.1) is 22.7 Å². The van der Waals surface area contributed by atoms with Crippen LogP contribution in [0.25, 0.3) is 64.5 Å². The lowest BCUT2D eigenvalue weighted by Gasteiger charge is -2.10. The first-order chi connectivity index (χ1) is 24.9. The zero-order valence-electron chi connectivity index (χ0n) is 28.7. The Labute approximate surface area is 311 Å². The molecule has 8 rings (SSSR count). The van der Waals surface area contributed by atoms with E-state index in [9.17, 15) is 0 Å². The summed E-state index contributed by atoms with van der Waals surface area (Å²) in [7, 11) is 0. The highest BCUT2D eigenvalue weighted by molar-refractivity contribution is 7.99. The minimum atomic E-state index is 1.01. The van der Waals surface area contributed by atoms with E-state index in [2.05, 4.69) is 147 Å². The van der Waals surface area contributed by atoms with Crippen LogP contribution in [0.3, 0.4) is 0 Å². The van der Waals surface area contributed by atoms with Gasteiger partial charge in [-0.3, -0.25) is 9.97 Å². The normalized spacial score (nSPS) is 11.2. The molecule has 0 saturated heterocycles. The van der Waals surface area contributed by atoms with Gasteiger partial charge in [-0.25, -0.2) is 9.97 Å². The van der Waals surface area contributed by atoms with Crippen molar-refractivity contribution in [3.8, 4) is 64.5 Å². The van der Waals surface area contributed by atoms with Crippen molar-refractivity contribution >= 4 is 34.4 Å². The van der Waals surface area contributed by atoms with Gasteiger partial charge in [0.25, 0.3) is 0 Å². The van der Waals surface area contributed by atoms with E-state index in [-0.39, 0.29) is 0 Å². The summed E-state index contributed by atoms with van der Waals surface area (Å²) in [5.74, 6) is 0. The first-order valence-electron chi connectivity index (χ1n) is 16.8. The fourth-order valence-corrected chi connectivity index (χ4v) is 9.30. The topological polar surface area (TPSA) is 51.6 Å². The van der Waals surface area contributed by atoms with Crippen LogP contribution in [-0.4, -0.2) is 19.9 Å². The Morgan fingerprint density at radius 2 is 0.863 bits per heavy atom. The Morgan fingerprint density at radius 3 is 1.25 bits per heavy atom. The van der Waals surface area contributed by atoms with Crippen LogP contribution in [0, 0.1) is 27.7 Å². The lowest BCUT2D eigenvalue weighted by Crippen LogP contribution is -1.87. The fraction of sp³-hybridized carbons (Fsp3) is 0.0909. The summed E-state index contributed by atoms with van der Waals surface area (Å²) >= 11 is 5.28. The van der Waals surface area contributed by atoms with Crippen LogP contribution in [0.2, 0.25) is 0 Å². The number of aromatic nitrogens is 4. The summed E-state index contributed by atoms with van der Waals surface area (Å²) in [5.41, 5.74) is 13.7. The molecule has 0 amide bonds. The van der Waals surface area contributed by atoms with Crippen LogP contribution in [0.1, 0.15) is 22.3 Å². The number of nitrogens with zero attached hydrogens (tertiary/aromatic N) is 4. The van der Waals surface area contributed by atoms with Gasteiger partial charge < -0.3 is 0 Å². The number of thiazole rings is 2. The van der Waals surface area contributed by atoms with E-state index < -0.39 is 0 Å². The summed E-state index contributed by atoms with van der Waals surface area (Å²) in [6, 6.07) is 38.8. The molecule has 0 atom stereocenters. The zero-order valence-corrected chi connectivity index (χ0v) is 31.2. The number of hydrogen-bond acceptors (Lipinski definition) is 7. The molecule has 4 aromatic heterocycles. The van der Waals surface area contributed by atoms with Gasteiger partial charge in [-0.2, -0.15) is 0 Å². The second kappa shape index (κ2) is 14.2. The summed E-state index contributed by atoms with van der Waals surface area (Å²) in [6.45, 7) is 8.63. The van der Waals surface area contributed by atoms with Crippen molar-refractivity contribution in [1.29, 1.82) is 0 Å². The van der Waals surface area contributed by atoms with Crippen LogP contribution >= 0.6 is 34.4 Å². The first-order valence-corrected chi connectivity index (χ1v) is 19.2. The van der Waals surface area contributed by atoms with Gasteiger partial charge in [0.1, 0.15) is 10.0 Å². The van der Waals surface area contributed by atoms with Crippen molar-refractivity contribution in [2.24, 2.45) is 0 Å². The first kappa shape index (κ1) is 33.0. The second-order valence-corrected chi connectivity index (χ2v) is 15.7. The van der Waals surface area contributed by atoms with Crippen LogP contribution in [0.5, 0.6) is 0 Å². The smallest absolute Gasteiger partial charge is 0.124 e. The largest absolute Gasteiger partial charge is 0.265 e. The molecule has 51 heavy (non-hydrogen) atoms. The SMILES string of the molecule is Cc1cccc(-c2nc(-c3ccc(Sc4ccc(-c5nc(-c6cccc(C)c6)c(-c6ccncc6)s5)cc4C)c(C)c3)sc2-c2ccncc2)c1. The molecule has 0 bridgehead atoms. The van der Waals surface area contributed by atoms with Gasteiger partial charge in [0, 0.05) is 56.8 Å². The van der Waals surface area contributed by atoms with E-state index in [1.54, 1.807) is 22.7 Å². The predicted octanol–water partition coefficient (Wildman–Crippen LogP) is 12.8. The predicted molar refractivity (Wildman–Crippen MR) is 216 cm³/mol. The average molecular weight is 715 g/mol. The molecular weight excluding hydrogens is 681 g/mol. The van der Waals surface area contributed by atoms with E-state index in [0.29, 0.717) is 0 Å². The molecule has 0 N–H and O–H groups in total. The van der Waals surface area contributed by atoms with Crippen molar-refractivity contribution in [2.45, 2.75) is 37.5 Å². The third-order valence-corrected chi connectivity index (χ3v) is 12.4. The maximum absolute atomic E-state index is 5.21. The molecule has 0 fully saturated rings. The van der Waals surface area contributed by atoms with Crippen LogP contribution in [0.4, 0.5) is 0 Å². The average Bonchev–Trinajstić information content (AvgIpc) is 3.80. The summed E-state index contributed by atoms with van der Waals surface area (Å²) in [5, 5.41) is 2.02. The molecule has 4 nitrogen and oxygen atoms in total. The maximum Gasteiger partial charge on any atom is 0.124 e. The van der Waals surface area contributed by atoms with Crippen molar-refractivity contribution in [3.05, 3.63) is 156 Å². The summed E-state index contributed by atoms with van der Waals surface area (Å²) < 4.78 is 0. The third kappa shape index (κ3) is 6.93. The Bertz CT molecular complexity index is 2330. The van der Waals surface area contributed by atoms with E-state index in [1.807, 2.05) is 36.5 Å². The van der Waals surface area contributed by atoms with Gasteiger partial charge in [0.15, 0.2) is 0 Å². The molecule has 248 valence electrons. The quantitative estimate of drug-likeness (QED) is 0.157. The minimum Gasteiger partial charge on any atom is -0.265 e. The van der Waals surface area contributed by atoms with Crippen LogP contribution in [0.15, 0.2) is 144 Å². The van der Waals surface area contributed by atoms with Gasteiger partial charge >= 0.3 is 0 Å². The lowest BCUT2D eigenvalue weighted by atomic mass is 10.1. The van der Waals surface area contributed by atoms with Crippen LogP contribution < -0.4 is 0 Å². The number of hydrogen-bond donors (Lipinski definition) is 0. The molecule has 7 heteroatoms. The Kier molecular flexibility index (Phi) is 9.17. The molecule has 0 spiro atoms. The van der Waals surface area contributed by atoms with E-state index >= 15 is 0 Å². The number of rotatable bonds is 8. The van der Waals surface area contributed by atoms with Gasteiger partial charge in [0.2, 0.25) is 0 Å². The highest BCUT2D eigenvalue weighted by Gasteiger charge is 2.19. The molecule has 0 saturated carbocycles. The van der Waals surface area contributed by atoms with Crippen LogP contribution in [-0.2, 0) is 0 Å². The van der Waals surface area contributed by atoms with Gasteiger partial charge in [-0.05, 0) is 111 Å². The molecule has 0 aliphatic rings. The molecule has 0 aliphatic carbocycles. The second-order valence-electron chi connectivity index (χ2n) is 12.7. The maximum atomic E-state index is 5.21. The molecule has 4 aromatic carbocycles. The number of benzene rings is 4. The highest BCUT2D eigenvalue weighted by atomic mass is 32.2. The zero-order chi connectivity index (χ0) is 34.9. The molecule has 4 heterocycles. The third-order valence-electron chi connectivity index (χ3n) is 8.79. The number of aryl methyl sites for hydroxylation is 4. The van der Waals surface area contributed by atoms with Crippen molar-refractivity contribution in [1.82, 2.24) is 19.9 Å². The Hall–Kier alpha value is -5.21. The van der Waals surface area contributed by atoms with Crippen molar-refractivity contribution in [3.63, 3.8) is 0 Å². The number of pyridine rings is 2. The van der Waals surface area contributed by atoms with E-state index in [0.717, 1.165) is 64.5 Å². The molecule has 0 radical (unpaired) electrons. The monoisotopic (exact) mass is 714 g/mol. The molecule has 8 aromatic rings. The van der Waals surface area contributed by atoms with E-state index in [1.165, 1.54) is 32.0 Å². The van der Waals surface area contributed by atoms with Crippen molar-refractivity contribution < 1.29 is 0 Å². The summed E-state index contributed by atoms with van der Waals surface area (Å²) in [6.07, 6.45) is 7.38. The summed E-state index contributed by atoms with van der Waals surface area (Å²) in [4.78, 5) is 23.7. The Balaban J connectivity index is 1.08. The van der Waals surface area contributed by atoms with Crippen molar-refractivity contribution in [2.75, 3.05) is 0 Å². The fourth-order valence-electron chi connectivity index (χ4n) is 6.17. The van der Waals surface area contributed by atoms with Gasteiger partial charge in [-0.1, -0.05) is 71.4 Å². The standard InChI is InChI=1S/C44H34N4S3/c1-27-7-5-9-33(23-27)39-41(31-15-19-45-20-16-31)50-43(47-39)35-11-13-37(29(3)25-35)49-38-14-12-36(26-30(38)4)44-48-40(34-10-6-8-28(2)24-34)42(51-44)32-17-21-46-22-18-32/h5-26H,1-4H3. The lowest BCUT2D eigenvalue weighted by molar-refractivity contribution is 1.26. The molecular formula is C44H34N4S3. The van der Waals surface area contributed by atoms with E-state index in [4.69, 9.17) is 9.97 Å². The Morgan fingerprint density at radius 1 is 0.431 bits per heavy atom.